The van der Waals surface area contributed by atoms with Gasteiger partial charge < -0.3 is 5.32 Å². The van der Waals surface area contributed by atoms with Gasteiger partial charge in [-0.2, -0.15) is 0 Å². The maximum atomic E-state index is 11.9. The maximum Gasteiger partial charge on any atom is 0.158 e. The van der Waals surface area contributed by atoms with Gasteiger partial charge >= 0.3 is 0 Å². The van der Waals surface area contributed by atoms with Gasteiger partial charge in [0.1, 0.15) is 0 Å². The topological polar surface area (TPSA) is 39.0 Å². The van der Waals surface area contributed by atoms with E-state index in [4.69, 9.17) is 11.6 Å². The van der Waals surface area contributed by atoms with Gasteiger partial charge in [-0.1, -0.05) is 48.7 Å². The van der Waals surface area contributed by atoms with Crippen LogP contribution in [0.4, 0.5) is 0 Å². The average molecular weight is 332 g/mol. The molecule has 23 heavy (non-hydrogen) atoms. The third kappa shape index (κ3) is 3.70. The average Bonchev–Trinajstić information content (AvgIpc) is 3.30. The molecule has 2 atom stereocenters. The fourth-order valence-electron chi connectivity index (χ4n) is 3.61. The van der Waals surface area contributed by atoms with E-state index >= 15 is 0 Å². The Bertz CT molecular complexity index is 635. The zero-order valence-corrected chi connectivity index (χ0v) is 14.9. The summed E-state index contributed by atoms with van der Waals surface area (Å²) in [6, 6.07) is 7.19. The molecule has 0 radical (unpaired) electrons. The molecule has 124 valence electrons. The number of allylic oxidation sites excluding steroid dienone is 1. The number of benzene rings is 1. The van der Waals surface area contributed by atoms with Gasteiger partial charge in [0, 0.05) is 23.5 Å². The molecule has 0 aromatic heterocycles. The molecule has 2 aliphatic rings. The van der Waals surface area contributed by atoms with E-state index in [0.717, 1.165) is 42.7 Å². The van der Waals surface area contributed by atoms with Crippen molar-refractivity contribution in [3.05, 3.63) is 45.5 Å². The molecule has 1 aliphatic carbocycles. The Kier molecular flexibility index (Phi) is 5.23. The molecule has 0 spiro atoms. The Balaban J connectivity index is 1.69. The van der Waals surface area contributed by atoms with E-state index in [-0.39, 0.29) is 0 Å². The van der Waals surface area contributed by atoms with Gasteiger partial charge in [-0.25, -0.2) is 0 Å². The smallest absolute Gasteiger partial charge is 0.158 e. The van der Waals surface area contributed by atoms with Crippen LogP contribution in [0.3, 0.4) is 0 Å². The SMILES string of the molecule is CCCCc1cccc(C2NC2CC2=C(C)C(=O)CCC2)c1Cl. The molecule has 3 rings (SSSR count). The van der Waals surface area contributed by atoms with E-state index in [1.54, 1.807) is 0 Å². The highest BCUT2D eigenvalue weighted by Crippen LogP contribution is 2.40. The van der Waals surface area contributed by atoms with Crippen molar-refractivity contribution in [2.24, 2.45) is 0 Å². The lowest BCUT2D eigenvalue weighted by Crippen LogP contribution is -2.11. The normalized spacial score (nSPS) is 24.2. The summed E-state index contributed by atoms with van der Waals surface area (Å²) in [6.07, 6.45) is 7.22. The van der Waals surface area contributed by atoms with Crippen LogP contribution in [0.5, 0.6) is 0 Å². The third-order valence-electron chi connectivity index (χ3n) is 5.23. The van der Waals surface area contributed by atoms with Crippen LogP contribution >= 0.6 is 11.6 Å². The van der Waals surface area contributed by atoms with E-state index in [1.165, 1.54) is 29.5 Å². The van der Waals surface area contributed by atoms with Crippen molar-refractivity contribution in [1.29, 1.82) is 0 Å². The summed E-state index contributed by atoms with van der Waals surface area (Å²) >= 11 is 6.63. The number of nitrogens with one attached hydrogen (secondary N) is 1. The van der Waals surface area contributed by atoms with Crippen molar-refractivity contribution in [3.8, 4) is 0 Å². The lowest BCUT2D eigenvalue weighted by Gasteiger charge is -2.16. The fourth-order valence-corrected chi connectivity index (χ4v) is 3.95. The molecule has 1 aliphatic heterocycles. The number of halogens is 1. The highest BCUT2D eigenvalue weighted by molar-refractivity contribution is 6.32. The predicted octanol–water partition coefficient (Wildman–Crippen LogP) is 5.16. The first-order valence-corrected chi connectivity index (χ1v) is 9.24. The standard InChI is InChI=1S/C20H26ClNO/c1-3-4-7-14-8-5-10-16(19(14)21)20-17(22-20)12-15-9-6-11-18(23)13(15)2/h5,8,10,17,20,22H,3-4,6-7,9,11-12H2,1-2H3. The Hall–Kier alpha value is -1.12. The lowest BCUT2D eigenvalue weighted by molar-refractivity contribution is -0.116. The van der Waals surface area contributed by atoms with Gasteiger partial charge in [-0.15, -0.1) is 0 Å². The summed E-state index contributed by atoms with van der Waals surface area (Å²) in [5.41, 5.74) is 4.85. The van der Waals surface area contributed by atoms with Crippen LogP contribution in [-0.4, -0.2) is 11.8 Å². The number of aryl methyl sites for hydroxylation is 1. The first kappa shape index (κ1) is 16.7. The zero-order chi connectivity index (χ0) is 16.4. The van der Waals surface area contributed by atoms with E-state index < -0.39 is 0 Å². The molecule has 0 saturated carbocycles. The van der Waals surface area contributed by atoms with Gasteiger partial charge in [0.15, 0.2) is 5.78 Å². The van der Waals surface area contributed by atoms with Crippen molar-refractivity contribution >= 4 is 17.4 Å². The number of unbranched alkanes of at least 4 members (excludes halogenated alkanes) is 1. The summed E-state index contributed by atoms with van der Waals surface area (Å²) < 4.78 is 0. The van der Waals surface area contributed by atoms with Gasteiger partial charge in [-0.05, 0) is 55.7 Å². The Morgan fingerprint density at radius 3 is 2.91 bits per heavy atom. The number of carbonyl (C=O) groups is 1. The second kappa shape index (κ2) is 7.19. The van der Waals surface area contributed by atoms with Crippen molar-refractivity contribution < 1.29 is 4.79 Å². The molecule has 2 nitrogen and oxygen atoms in total. The van der Waals surface area contributed by atoms with Crippen LogP contribution in [0.15, 0.2) is 29.3 Å². The summed E-state index contributed by atoms with van der Waals surface area (Å²) in [4.78, 5) is 11.9. The molecule has 1 saturated heterocycles. The van der Waals surface area contributed by atoms with Crippen LogP contribution in [0.1, 0.15) is 69.5 Å². The fraction of sp³-hybridized carbons (Fsp3) is 0.550. The monoisotopic (exact) mass is 331 g/mol. The maximum absolute atomic E-state index is 11.9. The molecule has 1 fully saturated rings. The van der Waals surface area contributed by atoms with Crippen molar-refractivity contribution in [2.45, 2.75) is 70.9 Å². The number of ketones is 1. The number of Topliss-reactive ketones (excluding diaryl/α,β-unsaturated/α-hetero) is 1. The van der Waals surface area contributed by atoms with Gasteiger partial charge in [0.25, 0.3) is 0 Å². The molecule has 0 amide bonds. The molecule has 1 N–H and O–H groups in total. The van der Waals surface area contributed by atoms with Crippen molar-refractivity contribution in [1.82, 2.24) is 5.32 Å². The molecular weight excluding hydrogens is 306 g/mol. The van der Waals surface area contributed by atoms with Crippen LogP contribution in [0.25, 0.3) is 0 Å². The van der Waals surface area contributed by atoms with Gasteiger partial charge in [0.2, 0.25) is 0 Å². The number of rotatable bonds is 6. The number of carbonyl (C=O) groups excluding carboxylic acids is 1. The Morgan fingerprint density at radius 2 is 2.13 bits per heavy atom. The Labute approximate surface area is 144 Å². The van der Waals surface area contributed by atoms with E-state index in [1.807, 2.05) is 6.92 Å². The number of hydrogen-bond acceptors (Lipinski definition) is 2. The van der Waals surface area contributed by atoms with Crippen molar-refractivity contribution in [3.63, 3.8) is 0 Å². The minimum Gasteiger partial charge on any atom is -0.304 e. The molecule has 0 bridgehead atoms. The summed E-state index contributed by atoms with van der Waals surface area (Å²) in [5.74, 6) is 0.336. The molecular formula is C20H26ClNO. The first-order chi connectivity index (χ1) is 11.1. The predicted molar refractivity (Wildman–Crippen MR) is 95.9 cm³/mol. The molecule has 1 heterocycles. The lowest BCUT2D eigenvalue weighted by atomic mass is 9.88. The zero-order valence-electron chi connectivity index (χ0n) is 14.1. The van der Waals surface area contributed by atoms with Gasteiger partial charge in [0.05, 0.1) is 0 Å². The number of hydrogen-bond donors (Lipinski definition) is 1. The van der Waals surface area contributed by atoms with E-state index in [9.17, 15) is 4.79 Å². The van der Waals surface area contributed by atoms with E-state index in [2.05, 4.69) is 30.4 Å². The first-order valence-electron chi connectivity index (χ1n) is 8.87. The van der Waals surface area contributed by atoms with E-state index in [0.29, 0.717) is 17.9 Å². The largest absolute Gasteiger partial charge is 0.304 e. The summed E-state index contributed by atoms with van der Waals surface area (Å²) in [5, 5.41) is 4.50. The highest BCUT2D eigenvalue weighted by atomic mass is 35.5. The summed E-state index contributed by atoms with van der Waals surface area (Å²) in [7, 11) is 0. The highest BCUT2D eigenvalue weighted by Gasteiger charge is 2.39. The van der Waals surface area contributed by atoms with Crippen LogP contribution in [0.2, 0.25) is 5.02 Å². The Morgan fingerprint density at radius 1 is 1.30 bits per heavy atom. The second-order valence-corrected chi connectivity index (χ2v) is 7.26. The van der Waals surface area contributed by atoms with Crippen LogP contribution < -0.4 is 5.32 Å². The summed E-state index contributed by atoms with van der Waals surface area (Å²) in [6.45, 7) is 4.20. The molecule has 1 aromatic carbocycles. The van der Waals surface area contributed by atoms with Crippen molar-refractivity contribution in [2.75, 3.05) is 0 Å². The van der Waals surface area contributed by atoms with Gasteiger partial charge in [-0.3, -0.25) is 4.79 Å². The molecule has 3 heteroatoms. The van der Waals surface area contributed by atoms with Crippen LogP contribution in [0, 0.1) is 0 Å². The molecule has 2 unspecified atom stereocenters. The molecule has 1 aromatic rings. The van der Waals surface area contributed by atoms with Crippen LogP contribution in [-0.2, 0) is 11.2 Å². The quantitative estimate of drug-likeness (QED) is 0.732. The third-order valence-corrected chi connectivity index (χ3v) is 5.69. The second-order valence-electron chi connectivity index (χ2n) is 6.88. The minimum atomic E-state index is 0.336. The minimum absolute atomic E-state index is 0.336.